The van der Waals surface area contributed by atoms with Crippen molar-refractivity contribution in [2.45, 2.75) is 12.5 Å². The third kappa shape index (κ3) is 5.70. The molecule has 0 aromatic heterocycles. The topological polar surface area (TPSA) is 87.2 Å². The van der Waals surface area contributed by atoms with Crippen molar-refractivity contribution in [1.82, 2.24) is 4.90 Å². The molecule has 10 heteroatoms. The third-order valence-electron chi connectivity index (χ3n) is 6.93. The Kier molecular flexibility index (Phi) is 7.47. The number of carbonyl (C=O) groups excluding carboxylic acids is 4. The molecular formula is C29H25F2N3O5. The van der Waals surface area contributed by atoms with Gasteiger partial charge in [0.15, 0.2) is 12.4 Å². The molecule has 8 nitrogen and oxygen atoms in total. The van der Waals surface area contributed by atoms with Gasteiger partial charge in [-0.2, -0.15) is 0 Å². The molecule has 2 aliphatic heterocycles. The highest BCUT2D eigenvalue weighted by Gasteiger charge is 2.43. The number of anilines is 2. The van der Waals surface area contributed by atoms with Crippen molar-refractivity contribution < 1.29 is 32.7 Å². The molecule has 0 bridgehead atoms. The lowest BCUT2D eigenvalue weighted by Crippen LogP contribution is -2.52. The second-order valence-corrected chi connectivity index (χ2v) is 9.34. The van der Waals surface area contributed by atoms with Crippen LogP contribution in [0.15, 0.2) is 72.8 Å². The van der Waals surface area contributed by atoms with E-state index in [1.807, 2.05) is 4.90 Å². The summed E-state index contributed by atoms with van der Waals surface area (Å²) in [4.78, 5) is 55.8. The van der Waals surface area contributed by atoms with E-state index in [9.17, 15) is 28.0 Å². The Bertz CT molecular complexity index is 1390. The maximum atomic E-state index is 13.2. The average Bonchev–Trinajstić information content (AvgIpc) is 3.26. The molecule has 2 heterocycles. The van der Waals surface area contributed by atoms with Crippen LogP contribution in [0.4, 0.5) is 20.2 Å². The standard InChI is InChI=1S/C29H25F2N3O5/c30-21-5-1-19(2-6-21)26(35)18-39-29(38)20-3-9-24(10-4-20)34-27(36)17-25(28(34)37)33-15-13-32(14-16-33)23-11-7-22(31)8-12-23/h1-12,25H,13-18H2. The summed E-state index contributed by atoms with van der Waals surface area (Å²) in [7, 11) is 0. The van der Waals surface area contributed by atoms with Gasteiger partial charge in [-0.15, -0.1) is 0 Å². The molecular weight excluding hydrogens is 508 g/mol. The van der Waals surface area contributed by atoms with E-state index in [4.69, 9.17) is 4.74 Å². The second-order valence-electron chi connectivity index (χ2n) is 9.34. The van der Waals surface area contributed by atoms with Gasteiger partial charge in [0.25, 0.3) is 5.91 Å². The zero-order chi connectivity index (χ0) is 27.5. The van der Waals surface area contributed by atoms with Crippen LogP contribution in [0.2, 0.25) is 0 Å². The SMILES string of the molecule is O=C(COC(=O)c1ccc(N2C(=O)CC(N3CCN(c4ccc(F)cc4)CC3)C2=O)cc1)c1ccc(F)cc1. The fourth-order valence-corrected chi connectivity index (χ4v) is 4.80. The minimum Gasteiger partial charge on any atom is -0.454 e. The molecule has 2 amide bonds. The molecule has 0 aliphatic carbocycles. The summed E-state index contributed by atoms with van der Waals surface area (Å²) in [6.07, 6.45) is 0.0602. The van der Waals surface area contributed by atoms with Gasteiger partial charge in [-0.1, -0.05) is 0 Å². The number of imide groups is 1. The van der Waals surface area contributed by atoms with Gasteiger partial charge in [0.2, 0.25) is 5.91 Å². The second kappa shape index (κ2) is 11.1. The monoisotopic (exact) mass is 533 g/mol. The lowest BCUT2D eigenvalue weighted by atomic mass is 10.1. The van der Waals surface area contributed by atoms with Crippen LogP contribution in [0, 0.1) is 11.6 Å². The number of piperazine rings is 1. The van der Waals surface area contributed by atoms with Crippen molar-refractivity contribution in [3.05, 3.63) is 95.6 Å². The van der Waals surface area contributed by atoms with Gasteiger partial charge in [0, 0.05) is 37.4 Å². The number of esters is 1. The summed E-state index contributed by atoms with van der Waals surface area (Å²) >= 11 is 0. The molecule has 2 aliphatic rings. The molecule has 0 saturated carbocycles. The van der Waals surface area contributed by atoms with Gasteiger partial charge in [0.1, 0.15) is 11.6 Å². The van der Waals surface area contributed by atoms with E-state index in [0.717, 1.165) is 22.7 Å². The lowest BCUT2D eigenvalue weighted by molar-refractivity contribution is -0.123. The number of ether oxygens (including phenoxy) is 1. The molecule has 1 atom stereocenters. The van der Waals surface area contributed by atoms with E-state index < -0.39 is 30.2 Å². The Balaban J connectivity index is 1.17. The van der Waals surface area contributed by atoms with E-state index in [0.29, 0.717) is 31.9 Å². The number of ketones is 1. The first kappa shape index (κ1) is 26.2. The van der Waals surface area contributed by atoms with Crippen molar-refractivity contribution >= 4 is 34.9 Å². The highest BCUT2D eigenvalue weighted by molar-refractivity contribution is 6.22. The van der Waals surface area contributed by atoms with Gasteiger partial charge >= 0.3 is 5.97 Å². The maximum Gasteiger partial charge on any atom is 0.338 e. The fraction of sp³-hybridized carbons (Fsp3) is 0.241. The van der Waals surface area contributed by atoms with Gasteiger partial charge in [-0.25, -0.2) is 18.5 Å². The summed E-state index contributed by atoms with van der Waals surface area (Å²) in [5.41, 5.74) is 1.62. The van der Waals surface area contributed by atoms with E-state index in [1.165, 1.54) is 48.5 Å². The molecule has 2 saturated heterocycles. The van der Waals surface area contributed by atoms with Crippen LogP contribution in [0.25, 0.3) is 0 Å². The highest BCUT2D eigenvalue weighted by atomic mass is 19.1. The van der Waals surface area contributed by atoms with Crippen LogP contribution >= 0.6 is 0 Å². The van der Waals surface area contributed by atoms with Crippen molar-refractivity contribution in [3.63, 3.8) is 0 Å². The molecule has 0 spiro atoms. The molecule has 200 valence electrons. The normalized spacial score (nSPS) is 17.9. The number of hydrogen-bond acceptors (Lipinski definition) is 7. The molecule has 0 N–H and O–H groups in total. The van der Waals surface area contributed by atoms with E-state index in [2.05, 4.69) is 4.90 Å². The molecule has 5 rings (SSSR count). The minimum absolute atomic E-state index is 0.0602. The predicted octanol–water partition coefficient (Wildman–Crippen LogP) is 3.46. The summed E-state index contributed by atoms with van der Waals surface area (Å²) in [5.74, 6) is -2.64. The predicted molar refractivity (Wildman–Crippen MR) is 139 cm³/mol. The Morgan fingerprint density at radius 2 is 1.28 bits per heavy atom. The summed E-state index contributed by atoms with van der Waals surface area (Å²) in [6.45, 7) is 1.94. The van der Waals surface area contributed by atoms with Crippen molar-refractivity contribution in [1.29, 1.82) is 0 Å². The van der Waals surface area contributed by atoms with Crippen LogP contribution in [-0.4, -0.2) is 67.3 Å². The Morgan fingerprint density at radius 3 is 1.90 bits per heavy atom. The molecule has 1 unspecified atom stereocenters. The maximum absolute atomic E-state index is 13.2. The third-order valence-corrected chi connectivity index (χ3v) is 6.93. The first-order chi connectivity index (χ1) is 18.8. The Labute approximate surface area is 223 Å². The minimum atomic E-state index is -0.743. The first-order valence-corrected chi connectivity index (χ1v) is 12.5. The number of benzene rings is 3. The molecule has 0 radical (unpaired) electrons. The summed E-state index contributed by atoms with van der Waals surface area (Å²) < 4.78 is 31.3. The van der Waals surface area contributed by atoms with Crippen LogP contribution in [0.3, 0.4) is 0 Å². The van der Waals surface area contributed by atoms with Crippen LogP contribution in [-0.2, 0) is 14.3 Å². The Morgan fingerprint density at radius 1 is 0.744 bits per heavy atom. The number of Topliss-reactive ketones (excluding diaryl/α,β-unsaturated/α-hetero) is 1. The number of amides is 2. The molecule has 3 aromatic carbocycles. The van der Waals surface area contributed by atoms with Gasteiger partial charge in [-0.05, 0) is 72.8 Å². The van der Waals surface area contributed by atoms with Crippen LogP contribution in [0.1, 0.15) is 27.1 Å². The molecule has 3 aromatic rings. The van der Waals surface area contributed by atoms with Crippen LogP contribution < -0.4 is 9.80 Å². The van der Waals surface area contributed by atoms with Crippen molar-refractivity contribution in [2.75, 3.05) is 42.6 Å². The van der Waals surface area contributed by atoms with Crippen molar-refractivity contribution in [3.8, 4) is 0 Å². The average molecular weight is 534 g/mol. The first-order valence-electron chi connectivity index (χ1n) is 12.5. The highest BCUT2D eigenvalue weighted by Crippen LogP contribution is 2.27. The number of nitrogens with zero attached hydrogens (tertiary/aromatic N) is 3. The van der Waals surface area contributed by atoms with E-state index in [1.54, 1.807) is 12.1 Å². The van der Waals surface area contributed by atoms with Crippen LogP contribution in [0.5, 0.6) is 0 Å². The quantitative estimate of drug-likeness (QED) is 0.261. The van der Waals surface area contributed by atoms with E-state index >= 15 is 0 Å². The fourth-order valence-electron chi connectivity index (χ4n) is 4.80. The van der Waals surface area contributed by atoms with E-state index in [-0.39, 0.29) is 35.2 Å². The molecule has 39 heavy (non-hydrogen) atoms. The Hall–Kier alpha value is -4.44. The smallest absolute Gasteiger partial charge is 0.338 e. The van der Waals surface area contributed by atoms with Gasteiger partial charge in [0.05, 0.1) is 23.7 Å². The summed E-state index contributed by atoms with van der Waals surface area (Å²) in [5, 5.41) is 0. The van der Waals surface area contributed by atoms with Crippen molar-refractivity contribution in [2.24, 2.45) is 0 Å². The van der Waals surface area contributed by atoms with Gasteiger partial charge < -0.3 is 9.64 Å². The number of rotatable bonds is 7. The van der Waals surface area contributed by atoms with Gasteiger partial charge in [-0.3, -0.25) is 19.3 Å². The zero-order valence-electron chi connectivity index (χ0n) is 20.9. The number of hydrogen-bond donors (Lipinski definition) is 0. The number of halogens is 2. The zero-order valence-corrected chi connectivity index (χ0v) is 20.9. The molecule has 2 fully saturated rings. The summed E-state index contributed by atoms with van der Waals surface area (Å²) in [6, 6.07) is 16.4. The number of carbonyl (C=O) groups is 4. The lowest BCUT2D eigenvalue weighted by Gasteiger charge is -2.38. The largest absolute Gasteiger partial charge is 0.454 e.